The van der Waals surface area contributed by atoms with E-state index in [1.807, 2.05) is 24.3 Å². The van der Waals surface area contributed by atoms with E-state index < -0.39 is 0 Å². The van der Waals surface area contributed by atoms with E-state index >= 15 is 0 Å². The van der Waals surface area contributed by atoms with E-state index in [1.54, 1.807) is 7.11 Å². The quantitative estimate of drug-likeness (QED) is 0.756. The maximum Gasteiger partial charge on any atom is 0.0991 e. The van der Waals surface area contributed by atoms with Crippen LogP contribution in [0.4, 0.5) is 5.69 Å². The van der Waals surface area contributed by atoms with Crippen LogP contribution in [0, 0.1) is 17.2 Å². The van der Waals surface area contributed by atoms with E-state index in [4.69, 9.17) is 10.00 Å². The topological polar surface area (TPSA) is 36.3 Å². The first kappa shape index (κ1) is 13.5. The van der Waals surface area contributed by atoms with Crippen molar-refractivity contribution in [1.82, 2.24) is 0 Å². The van der Waals surface area contributed by atoms with Crippen LogP contribution < -0.4 is 4.90 Å². The zero-order valence-electron chi connectivity index (χ0n) is 10.8. The van der Waals surface area contributed by atoms with Crippen molar-refractivity contribution in [2.75, 3.05) is 31.7 Å². The molecule has 3 heteroatoms. The van der Waals surface area contributed by atoms with Gasteiger partial charge in [0, 0.05) is 25.9 Å². The fourth-order valence-electron chi connectivity index (χ4n) is 1.71. The summed E-state index contributed by atoms with van der Waals surface area (Å²) in [6, 6.07) is 9.84. The van der Waals surface area contributed by atoms with Gasteiger partial charge < -0.3 is 9.64 Å². The van der Waals surface area contributed by atoms with Crippen molar-refractivity contribution in [3.63, 3.8) is 0 Å². The van der Waals surface area contributed by atoms with Crippen molar-refractivity contribution in [2.24, 2.45) is 5.92 Å². The van der Waals surface area contributed by atoms with Crippen molar-refractivity contribution < 1.29 is 4.74 Å². The van der Waals surface area contributed by atoms with E-state index in [9.17, 15) is 0 Å². The summed E-state index contributed by atoms with van der Waals surface area (Å²) >= 11 is 0. The molecule has 0 radical (unpaired) electrons. The highest BCUT2D eigenvalue weighted by Crippen LogP contribution is 2.16. The molecule has 1 rings (SSSR count). The largest absolute Gasteiger partial charge is 0.383 e. The van der Waals surface area contributed by atoms with E-state index in [2.05, 4.69) is 24.8 Å². The Morgan fingerprint density at radius 3 is 2.41 bits per heavy atom. The first-order chi connectivity index (χ1) is 8.17. The molecule has 1 aromatic rings. The molecule has 0 aliphatic rings. The predicted octanol–water partition coefficient (Wildman–Crippen LogP) is 2.67. The highest BCUT2D eigenvalue weighted by molar-refractivity contribution is 5.49. The maximum absolute atomic E-state index is 8.77. The summed E-state index contributed by atoms with van der Waals surface area (Å²) in [4.78, 5) is 2.29. The van der Waals surface area contributed by atoms with Crippen LogP contribution in [0.25, 0.3) is 0 Å². The van der Waals surface area contributed by atoms with Gasteiger partial charge in [0.25, 0.3) is 0 Å². The highest BCUT2D eigenvalue weighted by atomic mass is 16.5. The second-order valence-corrected chi connectivity index (χ2v) is 4.49. The molecule has 0 bridgehead atoms. The number of ether oxygens (including phenoxy) is 1. The normalized spacial score (nSPS) is 10.3. The lowest BCUT2D eigenvalue weighted by molar-refractivity contribution is 0.204. The molecule has 0 aliphatic carbocycles. The van der Waals surface area contributed by atoms with E-state index in [-0.39, 0.29) is 0 Å². The van der Waals surface area contributed by atoms with Crippen LogP contribution in [0.15, 0.2) is 24.3 Å². The van der Waals surface area contributed by atoms with Crippen LogP contribution in [0.2, 0.25) is 0 Å². The summed E-state index contributed by atoms with van der Waals surface area (Å²) in [6.45, 7) is 6.98. The van der Waals surface area contributed by atoms with Crippen molar-refractivity contribution in [3.8, 4) is 6.07 Å². The Bertz CT molecular complexity index is 365. The van der Waals surface area contributed by atoms with E-state index in [0.29, 0.717) is 18.1 Å². The van der Waals surface area contributed by atoms with Crippen LogP contribution in [0.1, 0.15) is 19.4 Å². The number of nitriles is 1. The van der Waals surface area contributed by atoms with Gasteiger partial charge in [-0.15, -0.1) is 0 Å². The number of methoxy groups -OCH3 is 1. The summed E-state index contributed by atoms with van der Waals surface area (Å²) in [5.41, 5.74) is 1.85. The Balaban J connectivity index is 2.76. The molecule has 0 amide bonds. The van der Waals surface area contributed by atoms with Gasteiger partial charge in [-0.3, -0.25) is 0 Å². The Morgan fingerprint density at radius 1 is 1.29 bits per heavy atom. The summed E-state index contributed by atoms with van der Waals surface area (Å²) in [7, 11) is 1.71. The molecule has 17 heavy (non-hydrogen) atoms. The fraction of sp³-hybridized carbons (Fsp3) is 0.500. The summed E-state index contributed by atoms with van der Waals surface area (Å²) in [6.07, 6.45) is 0. The van der Waals surface area contributed by atoms with Crippen LogP contribution in [-0.2, 0) is 4.74 Å². The van der Waals surface area contributed by atoms with Gasteiger partial charge in [-0.2, -0.15) is 5.26 Å². The number of rotatable bonds is 6. The lowest BCUT2D eigenvalue weighted by atomic mass is 10.1. The number of hydrogen-bond acceptors (Lipinski definition) is 3. The molecule has 0 spiro atoms. The minimum Gasteiger partial charge on any atom is -0.383 e. The van der Waals surface area contributed by atoms with Gasteiger partial charge in [0.15, 0.2) is 0 Å². The first-order valence-corrected chi connectivity index (χ1v) is 5.91. The minimum atomic E-state index is 0.600. The Kier molecular flexibility index (Phi) is 5.51. The van der Waals surface area contributed by atoms with Gasteiger partial charge in [-0.25, -0.2) is 0 Å². The number of nitrogens with zero attached hydrogens (tertiary/aromatic N) is 2. The third kappa shape index (κ3) is 4.46. The third-order valence-electron chi connectivity index (χ3n) is 2.51. The molecular weight excluding hydrogens is 212 g/mol. The smallest absolute Gasteiger partial charge is 0.0991 e. The van der Waals surface area contributed by atoms with Gasteiger partial charge in [-0.1, -0.05) is 13.8 Å². The van der Waals surface area contributed by atoms with Crippen LogP contribution in [0.3, 0.4) is 0 Å². The molecule has 3 nitrogen and oxygen atoms in total. The maximum atomic E-state index is 8.77. The Labute approximate surface area is 104 Å². The van der Waals surface area contributed by atoms with Gasteiger partial charge in [0.1, 0.15) is 0 Å². The van der Waals surface area contributed by atoms with E-state index in [1.165, 1.54) is 0 Å². The van der Waals surface area contributed by atoms with Crippen LogP contribution in [-0.4, -0.2) is 26.8 Å². The lowest BCUT2D eigenvalue weighted by Gasteiger charge is -2.26. The molecule has 0 unspecified atom stereocenters. The standard InChI is InChI=1S/C14H20N2O/c1-12(2)11-16(8-9-17-3)14-6-4-13(10-15)5-7-14/h4-7,12H,8-9,11H2,1-3H3. The zero-order chi connectivity index (χ0) is 12.7. The second kappa shape index (κ2) is 6.93. The molecule has 0 atom stereocenters. The predicted molar refractivity (Wildman–Crippen MR) is 70.1 cm³/mol. The molecule has 92 valence electrons. The van der Waals surface area contributed by atoms with Gasteiger partial charge in [-0.05, 0) is 30.2 Å². The molecular formula is C14H20N2O. The number of benzene rings is 1. The van der Waals surface area contributed by atoms with Crippen molar-refractivity contribution >= 4 is 5.69 Å². The Morgan fingerprint density at radius 2 is 1.94 bits per heavy atom. The van der Waals surface area contributed by atoms with Crippen molar-refractivity contribution in [1.29, 1.82) is 5.26 Å². The Hall–Kier alpha value is -1.53. The highest BCUT2D eigenvalue weighted by Gasteiger charge is 2.08. The second-order valence-electron chi connectivity index (χ2n) is 4.49. The number of hydrogen-bond donors (Lipinski definition) is 0. The molecule has 0 heterocycles. The van der Waals surface area contributed by atoms with Gasteiger partial charge in [0.05, 0.1) is 18.2 Å². The molecule has 1 aromatic carbocycles. The minimum absolute atomic E-state index is 0.600. The molecule has 0 saturated heterocycles. The summed E-state index contributed by atoms with van der Waals surface area (Å²) in [5, 5.41) is 8.77. The SMILES string of the molecule is COCCN(CC(C)C)c1ccc(C#N)cc1. The molecule has 0 N–H and O–H groups in total. The van der Waals surface area contributed by atoms with Crippen LogP contribution in [0.5, 0.6) is 0 Å². The number of anilines is 1. The average molecular weight is 232 g/mol. The van der Waals surface area contributed by atoms with Crippen molar-refractivity contribution in [2.45, 2.75) is 13.8 Å². The van der Waals surface area contributed by atoms with Crippen molar-refractivity contribution in [3.05, 3.63) is 29.8 Å². The first-order valence-electron chi connectivity index (χ1n) is 5.91. The van der Waals surface area contributed by atoms with Gasteiger partial charge >= 0.3 is 0 Å². The molecule has 0 aromatic heterocycles. The molecule has 0 saturated carbocycles. The summed E-state index contributed by atoms with van der Waals surface area (Å²) in [5.74, 6) is 0.600. The fourth-order valence-corrected chi connectivity index (χ4v) is 1.71. The monoisotopic (exact) mass is 232 g/mol. The van der Waals surface area contributed by atoms with E-state index in [0.717, 1.165) is 18.8 Å². The van der Waals surface area contributed by atoms with Crippen LogP contribution >= 0.6 is 0 Å². The zero-order valence-corrected chi connectivity index (χ0v) is 10.8. The molecule has 0 fully saturated rings. The average Bonchev–Trinajstić information content (AvgIpc) is 2.34. The third-order valence-corrected chi connectivity index (χ3v) is 2.51. The van der Waals surface area contributed by atoms with Gasteiger partial charge in [0.2, 0.25) is 0 Å². The lowest BCUT2D eigenvalue weighted by Crippen LogP contribution is -2.30. The molecule has 0 aliphatic heterocycles. The summed E-state index contributed by atoms with van der Waals surface area (Å²) < 4.78 is 5.13.